The first kappa shape index (κ1) is 11.2. The van der Waals surface area contributed by atoms with E-state index in [0.717, 1.165) is 0 Å². The zero-order valence-corrected chi connectivity index (χ0v) is 7.36. The van der Waals surface area contributed by atoms with Crippen molar-refractivity contribution in [1.29, 1.82) is 0 Å². The lowest BCUT2D eigenvalue weighted by Gasteiger charge is -2.01. The van der Waals surface area contributed by atoms with E-state index >= 15 is 0 Å². The van der Waals surface area contributed by atoms with Crippen LogP contribution >= 0.6 is 0 Å². The molecule has 0 saturated heterocycles. The van der Waals surface area contributed by atoms with Gasteiger partial charge in [-0.2, -0.15) is 0 Å². The van der Waals surface area contributed by atoms with Crippen LogP contribution in [0.3, 0.4) is 0 Å². The number of rotatable bonds is 2. The van der Waals surface area contributed by atoms with Gasteiger partial charge in [0.2, 0.25) is 0 Å². The van der Waals surface area contributed by atoms with E-state index in [1.54, 1.807) is 0 Å². The highest BCUT2D eigenvalue weighted by molar-refractivity contribution is 5.90. The van der Waals surface area contributed by atoms with Gasteiger partial charge in [-0.15, -0.1) is 0 Å². The molecular formula is C8H10O5. The van der Waals surface area contributed by atoms with Crippen molar-refractivity contribution >= 4 is 11.9 Å². The molecule has 5 nitrogen and oxygen atoms in total. The van der Waals surface area contributed by atoms with Gasteiger partial charge in [0.05, 0.1) is 11.8 Å². The summed E-state index contributed by atoms with van der Waals surface area (Å²) in [7, 11) is 0. The molecule has 0 aliphatic carbocycles. The molecule has 0 aromatic carbocycles. The van der Waals surface area contributed by atoms with E-state index in [0.29, 0.717) is 6.26 Å². The molecular weight excluding hydrogens is 176 g/mol. The molecule has 0 heterocycles. The fourth-order valence-corrected chi connectivity index (χ4v) is 0.265. The Balaban J connectivity index is 3.98. The molecule has 0 spiro atoms. The fourth-order valence-electron chi connectivity index (χ4n) is 0.265. The fraction of sp³-hybridized carbons (Fsp3) is 0.250. The second-order valence-corrected chi connectivity index (χ2v) is 2.33. The molecule has 0 saturated carbocycles. The number of carbonyl (C=O) groups is 2. The van der Waals surface area contributed by atoms with Crippen molar-refractivity contribution in [2.24, 2.45) is 0 Å². The van der Waals surface area contributed by atoms with Crippen molar-refractivity contribution in [2.45, 2.75) is 13.8 Å². The van der Waals surface area contributed by atoms with Crippen LogP contribution in [0.15, 0.2) is 24.0 Å². The number of hydrogen-bond donors (Lipinski definition) is 1. The van der Waals surface area contributed by atoms with E-state index in [4.69, 9.17) is 5.11 Å². The van der Waals surface area contributed by atoms with E-state index in [-0.39, 0.29) is 11.1 Å². The maximum absolute atomic E-state index is 10.7. The molecule has 1 N–H and O–H groups in total. The molecule has 13 heavy (non-hydrogen) atoms. The highest BCUT2D eigenvalue weighted by atomic mass is 17.2. The summed E-state index contributed by atoms with van der Waals surface area (Å²) in [5.41, 5.74) is 0.0351. The highest BCUT2D eigenvalue weighted by Crippen LogP contribution is 1.98. The molecule has 0 atom stereocenters. The monoisotopic (exact) mass is 186 g/mol. The molecule has 72 valence electrons. The summed E-state index contributed by atoms with van der Waals surface area (Å²) in [5.74, 6) is -1.77. The van der Waals surface area contributed by atoms with E-state index in [1.165, 1.54) is 13.8 Å². The summed E-state index contributed by atoms with van der Waals surface area (Å²) in [5, 5.41) is 8.36. The second kappa shape index (κ2) is 4.97. The van der Waals surface area contributed by atoms with Crippen LogP contribution in [0, 0.1) is 0 Å². The summed E-state index contributed by atoms with van der Waals surface area (Å²) >= 11 is 0. The van der Waals surface area contributed by atoms with Gasteiger partial charge in [0, 0.05) is 5.57 Å². The first-order valence-electron chi connectivity index (χ1n) is 3.38. The summed E-state index contributed by atoms with van der Waals surface area (Å²) < 4.78 is 0. The third-order valence-corrected chi connectivity index (χ3v) is 1.06. The van der Waals surface area contributed by atoms with Crippen molar-refractivity contribution in [3.8, 4) is 0 Å². The van der Waals surface area contributed by atoms with E-state index in [2.05, 4.69) is 16.4 Å². The largest absolute Gasteiger partial charge is 0.515 e. The molecule has 0 aliphatic rings. The first-order chi connectivity index (χ1) is 5.99. The lowest BCUT2D eigenvalue weighted by molar-refractivity contribution is -0.252. The summed E-state index contributed by atoms with van der Waals surface area (Å²) in [6, 6.07) is 0. The van der Waals surface area contributed by atoms with Crippen LogP contribution < -0.4 is 0 Å². The van der Waals surface area contributed by atoms with Crippen molar-refractivity contribution in [1.82, 2.24) is 0 Å². The maximum atomic E-state index is 10.7. The standard InChI is InChI=1S/C8H10O5/c1-5(2)7(10)12-13-8(11)6(3)4-9/h4,9H,1H2,2-3H3/b6-4+. The Bertz CT molecular complexity index is 264. The SMILES string of the molecule is C=C(C)C(=O)OOC(=O)/C(C)=C/O. The predicted octanol–water partition coefficient (Wildman–Crippen LogP) is 1.03. The second-order valence-electron chi connectivity index (χ2n) is 2.33. The molecule has 0 aliphatic heterocycles. The van der Waals surface area contributed by atoms with Gasteiger partial charge in [-0.3, -0.25) is 0 Å². The Morgan fingerprint density at radius 3 is 2.08 bits per heavy atom. The van der Waals surface area contributed by atoms with Crippen molar-refractivity contribution < 1.29 is 24.5 Å². The smallest absolute Gasteiger partial charge is 0.385 e. The van der Waals surface area contributed by atoms with Crippen molar-refractivity contribution in [2.75, 3.05) is 0 Å². The highest BCUT2D eigenvalue weighted by Gasteiger charge is 2.11. The minimum Gasteiger partial charge on any atom is -0.515 e. The Morgan fingerprint density at radius 1 is 1.23 bits per heavy atom. The molecule has 0 fully saturated rings. The molecule has 0 aromatic heterocycles. The number of carbonyl (C=O) groups excluding carboxylic acids is 2. The Kier molecular flexibility index (Phi) is 4.29. The van der Waals surface area contributed by atoms with Crippen LogP contribution in [0.4, 0.5) is 0 Å². The Morgan fingerprint density at radius 2 is 1.69 bits per heavy atom. The van der Waals surface area contributed by atoms with Gasteiger partial charge in [0.15, 0.2) is 0 Å². The van der Waals surface area contributed by atoms with Crippen LogP contribution in [-0.2, 0) is 19.4 Å². The van der Waals surface area contributed by atoms with Gasteiger partial charge in [0.25, 0.3) is 0 Å². The number of aliphatic hydroxyl groups is 1. The lowest BCUT2D eigenvalue weighted by Crippen LogP contribution is -2.12. The zero-order chi connectivity index (χ0) is 10.4. The molecule has 5 heteroatoms. The van der Waals surface area contributed by atoms with E-state index in [9.17, 15) is 9.59 Å². The first-order valence-corrected chi connectivity index (χ1v) is 3.38. The normalized spacial score (nSPS) is 10.5. The van der Waals surface area contributed by atoms with Crippen LogP contribution in [0.2, 0.25) is 0 Å². The number of aliphatic hydroxyl groups excluding tert-OH is 1. The molecule has 0 aromatic rings. The molecule has 0 amide bonds. The number of hydrogen-bond acceptors (Lipinski definition) is 5. The van der Waals surface area contributed by atoms with Gasteiger partial charge in [0.1, 0.15) is 0 Å². The van der Waals surface area contributed by atoms with Gasteiger partial charge < -0.3 is 5.11 Å². The minimum absolute atomic E-state index is 0.0745. The lowest BCUT2D eigenvalue weighted by atomic mass is 10.3. The average Bonchev–Trinajstić information content (AvgIpc) is 2.11. The summed E-state index contributed by atoms with van der Waals surface area (Å²) in [6.45, 7) is 5.98. The van der Waals surface area contributed by atoms with E-state index in [1.807, 2.05) is 0 Å². The Hall–Kier alpha value is -1.78. The quantitative estimate of drug-likeness (QED) is 0.301. The van der Waals surface area contributed by atoms with Crippen LogP contribution in [0.25, 0.3) is 0 Å². The van der Waals surface area contributed by atoms with E-state index < -0.39 is 11.9 Å². The predicted molar refractivity (Wildman–Crippen MR) is 43.4 cm³/mol. The summed E-state index contributed by atoms with van der Waals surface area (Å²) in [4.78, 5) is 29.5. The van der Waals surface area contributed by atoms with Gasteiger partial charge in [-0.05, 0) is 13.8 Å². The van der Waals surface area contributed by atoms with Crippen LogP contribution in [0.1, 0.15) is 13.8 Å². The molecule has 0 rings (SSSR count). The van der Waals surface area contributed by atoms with Crippen LogP contribution in [0.5, 0.6) is 0 Å². The molecule has 0 unspecified atom stereocenters. The molecule has 0 bridgehead atoms. The minimum atomic E-state index is -0.933. The van der Waals surface area contributed by atoms with Crippen molar-refractivity contribution in [3.63, 3.8) is 0 Å². The van der Waals surface area contributed by atoms with Crippen LogP contribution in [-0.4, -0.2) is 17.0 Å². The van der Waals surface area contributed by atoms with Gasteiger partial charge in [-0.1, -0.05) is 6.58 Å². The molecule has 0 radical (unpaired) electrons. The third kappa shape index (κ3) is 3.95. The maximum Gasteiger partial charge on any atom is 0.385 e. The third-order valence-electron chi connectivity index (χ3n) is 1.06. The average molecular weight is 186 g/mol. The summed E-state index contributed by atoms with van der Waals surface area (Å²) in [6.07, 6.45) is 0.553. The van der Waals surface area contributed by atoms with Crippen molar-refractivity contribution in [3.05, 3.63) is 24.0 Å². The zero-order valence-electron chi connectivity index (χ0n) is 7.36. The van der Waals surface area contributed by atoms with Gasteiger partial charge >= 0.3 is 11.9 Å². The van der Waals surface area contributed by atoms with Gasteiger partial charge in [-0.25, -0.2) is 19.4 Å². The Labute approximate surface area is 75.2 Å². The topological polar surface area (TPSA) is 72.8 Å².